The van der Waals surface area contributed by atoms with Gasteiger partial charge in [0.25, 0.3) is 0 Å². The number of rotatable bonds is 4. The van der Waals surface area contributed by atoms with Gasteiger partial charge in [-0.3, -0.25) is 9.88 Å². The second-order valence-electron chi connectivity index (χ2n) is 6.61. The molecule has 2 fully saturated rings. The summed E-state index contributed by atoms with van der Waals surface area (Å²) >= 11 is 0. The average Bonchev–Trinajstić information content (AvgIpc) is 3.10. The van der Waals surface area contributed by atoms with Crippen LogP contribution in [-0.2, 0) is 11.3 Å². The molecule has 0 aliphatic carbocycles. The lowest BCUT2D eigenvalue weighted by atomic mass is 9.95. The third kappa shape index (κ3) is 3.43. The number of halogens is 1. The molecule has 3 nitrogen and oxygen atoms in total. The van der Waals surface area contributed by atoms with Crippen molar-refractivity contribution in [2.24, 2.45) is 0 Å². The van der Waals surface area contributed by atoms with Crippen molar-refractivity contribution in [3.8, 4) is 0 Å². The Morgan fingerprint density at radius 3 is 2.86 bits per heavy atom. The highest BCUT2D eigenvalue weighted by molar-refractivity contribution is 5.29. The molecule has 116 valence electrons. The Morgan fingerprint density at radius 1 is 1.38 bits per heavy atom. The van der Waals surface area contributed by atoms with Crippen molar-refractivity contribution < 1.29 is 9.13 Å². The third-order valence-corrected chi connectivity index (χ3v) is 4.58. The number of pyridine rings is 1. The average molecular weight is 292 g/mol. The fourth-order valence-electron chi connectivity index (χ4n) is 3.27. The summed E-state index contributed by atoms with van der Waals surface area (Å²) < 4.78 is 18.9. The fraction of sp³-hybridized carbons (Fsp3) is 0.706. The number of aromatic nitrogens is 1. The standard InChI is InChI=1S/C17H25FN2O/c1-12(2)16-4-3-15(13-6-8-21-11-13)17(19-16)10-20-7-5-14(18)9-20/h3-4,12-14H,5-11H2,1-2H3/t13-,14+/m0/s1. The molecule has 1 aromatic rings. The van der Waals surface area contributed by atoms with Crippen LogP contribution in [0.1, 0.15) is 55.5 Å². The van der Waals surface area contributed by atoms with Crippen LogP contribution >= 0.6 is 0 Å². The smallest absolute Gasteiger partial charge is 0.114 e. The highest BCUT2D eigenvalue weighted by atomic mass is 19.1. The van der Waals surface area contributed by atoms with Crippen molar-refractivity contribution >= 4 is 0 Å². The molecular formula is C17H25FN2O. The summed E-state index contributed by atoms with van der Waals surface area (Å²) in [6, 6.07) is 4.36. The van der Waals surface area contributed by atoms with Gasteiger partial charge in [0.15, 0.2) is 0 Å². The van der Waals surface area contributed by atoms with Crippen molar-refractivity contribution in [1.82, 2.24) is 9.88 Å². The molecule has 0 N–H and O–H groups in total. The van der Waals surface area contributed by atoms with Crippen molar-refractivity contribution in [3.05, 3.63) is 29.1 Å². The van der Waals surface area contributed by atoms with Gasteiger partial charge < -0.3 is 4.74 Å². The first kappa shape index (κ1) is 14.9. The van der Waals surface area contributed by atoms with E-state index in [1.807, 2.05) is 0 Å². The van der Waals surface area contributed by atoms with E-state index in [1.165, 1.54) is 5.56 Å². The van der Waals surface area contributed by atoms with Crippen LogP contribution < -0.4 is 0 Å². The summed E-state index contributed by atoms with van der Waals surface area (Å²) in [5.74, 6) is 0.877. The van der Waals surface area contributed by atoms with Crippen molar-refractivity contribution in [3.63, 3.8) is 0 Å². The van der Waals surface area contributed by atoms with Crippen molar-refractivity contribution in [2.75, 3.05) is 26.3 Å². The molecule has 0 radical (unpaired) electrons. The van der Waals surface area contributed by atoms with E-state index in [-0.39, 0.29) is 0 Å². The Hall–Kier alpha value is -1.00. The molecule has 3 rings (SSSR count). The van der Waals surface area contributed by atoms with Crippen LogP contribution in [0, 0.1) is 0 Å². The minimum absolute atomic E-state index is 0.421. The molecule has 1 aromatic heterocycles. The second kappa shape index (κ2) is 6.41. The summed E-state index contributed by atoms with van der Waals surface area (Å²) in [5, 5.41) is 0. The van der Waals surface area contributed by atoms with Gasteiger partial charge in [0.05, 0.1) is 12.3 Å². The third-order valence-electron chi connectivity index (χ3n) is 4.58. The zero-order chi connectivity index (χ0) is 14.8. The van der Waals surface area contributed by atoms with Gasteiger partial charge >= 0.3 is 0 Å². The summed E-state index contributed by atoms with van der Waals surface area (Å²) in [6.07, 6.45) is 1.06. The molecule has 0 spiro atoms. The number of nitrogens with zero attached hydrogens (tertiary/aromatic N) is 2. The van der Waals surface area contributed by atoms with E-state index in [0.29, 0.717) is 24.8 Å². The van der Waals surface area contributed by atoms with Gasteiger partial charge in [0, 0.05) is 37.9 Å². The van der Waals surface area contributed by atoms with Crippen molar-refractivity contribution in [2.45, 2.75) is 51.2 Å². The minimum Gasteiger partial charge on any atom is -0.381 e. The largest absolute Gasteiger partial charge is 0.381 e. The Kier molecular flexibility index (Phi) is 4.55. The van der Waals surface area contributed by atoms with Gasteiger partial charge in [-0.15, -0.1) is 0 Å². The van der Waals surface area contributed by atoms with Crippen LogP contribution in [0.2, 0.25) is 0 Å². The highest BCUT2D eigenvalue weighted by Crippen LogP contribution is 2.30. The first-order valence-electron chi connectivity index (χ1n) is 8.07. The molecule has 2 aliphatic heterocycles. The lowest BCUT2D eigenvalue weighted by Crippen LogP contribution is -2.23. The van der Waals surface area contributed by atoms with Gasteiger partial charge in [0.1, 0.15) is 6.17 Å². The number of hydrogen-bond acceptors (Lipinski definition) is 3. The number of ether oxygens (including phenoxy) is 1. The molecule has 4 heteroatoms. The minimum atomic E-state index is -0.670. The number of likely N-dealkylation sites (tertiary alicyclic amines) is 1. The predicted octanol–water partition coefficient (Wildman–Crippen LogP) is 3.25. The molecule has 2 saturated heterocycles. The van der Waals surface area contributed by atoms with Gasteiger partial charge in [0.2, 0.25) is 0 Å². The first-order chi connectivity index (χ1) is 10.1. The summed E-state index contributed by atoms with van der Waals surface area (Å²) in [5.41, 5.74) is 3.56. The normalized spacial score (nSPS) is 26.9. The van der Waals surface area contributed by atoms with E-state index in [1.54, 1.807) is 0 Å². The lowest BCUT2D eigenvalue weighted by Gasteiger charge is -2.20. The molecule has 2 aliphatic rings. The van der Waals surface area contributed by atoms with E-state index in [4.69, 9.17) is 9.72 Å². The zero-order valence-corrected chi connectivity index (χ0v) is 13.0. The predicted molar refractivity (Wildman–Crippen MR) is 81.3 cm³/mol. The Morgan fingerprint density at radius 2 is 2.24 bits per heavy atom. The molecule has 0 unspecified atom stereocenters. The number of alkyl halides is 1. The second-order valence-corrected chi connectivity index (χ2v) is 6.61. The van der Waals surface area contributed by atoms with Crippen LogP contribution in [-0.4, -0.2) is 42.4 Å². The molecule has 21 heavy (non-hydrogen) atoms. The van der Waals surface area contributed by atoms with Crippen molar-refractivity contribution in [1.29, 1.82) is 0 Å². The van der Waals surface area contributed by atoms with Crippen LogP contribution in [0.4, 0.5) is 4.39 Å². The van der Waals surface area contributed by atoms with E-state index in [2.05, 4.69) is 30.9 Å². The van der Waals surface area contributed by atoms with Gasteiger partial charge in [-0.1, -0.05) is 19.9 Å². The van der Waals surface area contributed by atoms with Gasteiger partial charge in [-0.25, -0.2) is 4.39 Å². The van der Waals surface area contributed by atoms with Crippen LogP contribution in [0.25, 0.3) is 0 Å². The lowest BCUT2D eigenvalue weighted by molar-refractivity contribution is 0.193. The molecule has 0 bridgehead atoms. The van der Waals surface area contributed by atoms with Crippen LogP contribution in [0.15, 0.2) is 12.1 Å². The van der Waals surface area contributed by atoms with Gasteiger partial charge in [-0.2, -0.15) is 0 Å². The maximum atomic E-state index is 13.4. The first-order valence-corrected chi connectivity index (χ1v) is 8.07. The summed E-state index contributed by atoms with van der Waals surface area (Å²) in [4.78, 5) is 7.08. The Bertz CT molecular complexity index is 486. The van der Waals surface area contributed by atoms with Crippen LogP contribution in [0.3, 0.4) is 0 Å². The summed E-state index contributed by atoms with van der Waals surface area (Å²) in [7, 11) is 0. The maximum absolute atomic E-state index is 13.4. The SMILES string of the molecule is CC(C)c1ccc([C@H]2CCOC2)c(CN2CC[C@@H](F)C2)n1. The molecular weight excluding hydrogens is 267 g/mol. The molecule has 2 atom stereocenters. The molecule has 3 heterocycles. The fourth-order valence-corrected chi connectivity index (χ4v) is 3.27. The zero-order valence-electron chi connectivity index (χ0n) is 13.0. The topological polar surface area (TPSA) is 25.4 Å². The van der Waals surface area contributed by atoms with E-state index in [0.717, 1.165) is 44.1 Å². The number of hydrogen-bond donors (Lipinski definition) is 0. The quantitative estimate of drug-likeness (QED) is 0.852. The summed E-state index contributed by atoms with van der Waals surface area (Å²) in [6.45, 7) is 8.12. The Labute approximate surface area is 126 Å². The molecule has 0 aromatic carbocycles. The van der Waals surface area contributed by atoms with Crippen LogP contribution in [0.5, 0.6) is 0 Å². The molecule has 0 amide bonds. The van der Waals surface area contributed by atoms with Gasteiger partial charge in [-0.05, 0) is 30.4 Å². The Balaban J connectivity index is 1.84. The monoisotopic (exact) mass is 292 g/mol. The highest BCUT2D eigenvalue weighted by Gasteiger charge is 2.26. The maximum Gasteiger partial charge on any atom is 0.114 e. The van der Waals surface area contributed by atoms with E-state index in [9.17, 15) is 4.39 Å². The van der Waals surface area contributed by atoms with E-state index >= 15 is 0 Å². The van der Waals surface area contributed by atoms with E-state index < -0.39 is 6.17 Å². The molecule has 0 saturated carbocycles.